The lowest BCUT2D eigenvalue weighted by Gasteiger charge is -2.09. The van der Waals surface area contributed by atoms with Crippen molar-refractivity contribution in [1.82, 2.24) is 14.9 Å². The Hall–Kier alpha value is -1.82. The van der Waals surface area contributed by atoms with E-state index in [1.165, 1.54) is 0 Å². The molecule has 0 unspecified atom stereocenters. The van der Waals surface area contributed by atoms with Crippen LogP contribution in [-0.4, -0.2) is 21.5 Å². The molecule has 0 aliphatic rings. The third-order valence-electron chi connectivity index (χ3n) is 2.68. The molecule has 0 fully saturated rings. The molecule has 0 saturated carbocycles. The summed E-state index contributed by atoms with van der Waals surface area (Å²) in [6.07, 6.45) is 1.02. The molecule has 0 radical (unpaired) electrons. The van der Waals surface area contributed by atoms with Crippen LogP contribution in [0.15, 0.2) is 24.3 Å². The molecule has 0 amide bonds. The Kier molecular flexibility index (Phi) is 4.57. The van der Waals surface area contributed by atoms with Crippen molar-refractivity contribution in [1.29, 1.82) is 0 Å². The molecule has 0 saturated heterocycles. The van der Waals surface area contributed by atoms with Crippen molar-refractivity contribution in [2.24, 2.45) is 0 Å². The molecule has 2 N–H and O–H groups in total. The average molecular weight is 278 g/mol. The van der Waals surface area contributed by atoms with Gasteiger partial charge in [-0.1, -0.05) is 19.1 Å². The van der Waals surface area contributed by atoms with Gasteiger partial charge in [-0.05, 0) is 43.3 Å². The number of benzene rings is 1. The lowest BCUT2D eigenvalue weighted by atomic mass is 10.2. The first-order valence-corrected chi connectivity index (χ1v) is 6.71. The van der Waals surface area contributed by atoms with Crippen molar-refractivity contribution >= 4 is 12.2 Å². The first kappa shape index (κ1) is 13.6. The number of aromatic amines is 1. The minimum absolute atomic E-state index is 0.570. The average Bonchev–Trinajstić information content (AvgIpc) is 2.75. The van der Waals surface area contributed by atoms with E-state index in [1.54, 1.807) is 4.68 Å². The normalized spacial score (nSPS) is 10.4. The highest BCUT2D eigenvalue weighted by Gasteiger charge is 2.00. The summed E-state index contributed by atoms with van der Waals surface area (Å²) in [7, 11) is 0. The van der Waals surface area contributed by atoms with Gasteiger partial charge >= 0.3 is 0 Å². The van der Waals surface area contributed by atoms with Gasteiger partial charge in [0.15, 0.2) is 0 Å². The number of aromatic nitrogens is 3. The summed E-state index contributed by atoms with van der Waals surface area (Å²) in [4.78, 5) is 0. The number of rotatable bonds is 6. The van der Waals surface area contributed by atoms with Crippen molar-refractivity contribution in [2.45, 2.75) is 26.8 Å². The summed E-state index contributed by atoms with van der Waals surface area (Å²) < 4.78 is 7.87. The minimum Gasteiger partial charge on any atom is -0.494 e. The quantitative estimate of drug-likeness (QED) is 0.798. The third kappa shape index (κ3) is 3.57. The highest BCUT2D eigenvalue weighted by atomic mass is 32.1. The van der Waals surface area contributed by atoms with E-state index in [0.717, 1.165) is 30.2 Å². The SMILES string of the molecule is CCCOc1ccc(CNn2c(C)n[nH]c2=S)cc1. The number of nitrogens with one attached hydrogen (secondary N) is 2. The van der Waals surface area contributed by atoms with Crippen LogP contribution in [0.5, 0.6) is 5.75 Å². The van der Waals surface area contributed by atoms with Crippen LogP contribution in [0.1, 0.15) is 24.7 Å². The molecule has 0 aliphatic carbocycles. The summed E-state index contributed by atoms with van der Waals surface area (Å²) in [6, 6.07) is 8.04. The Morgan fingerprint density at radius 3 is 2.68 bits per heavy atom. The largest absolute Gasteiger partial charge is 0.494 e. The maximum Gasteiger partial charge on any atom is 0.214 e. The third-order valence-corrected chi connectivity index (χ3v) is 2.95. The van der Waals surface area contributed by atoms with Crippen molar-refractivity contribution in [3.8, 4) is 5.75 Å². The van der Waals surface area contributed by atoms with Gasteiger partial charge in [-0.2, -0.15) is 5.10 Å². The van der Waals surface area contributed by atoms with Crippen molar-refractivity contribution in [2.75, 3.05) is 12.0 Å². The van der Waals surface area contributed by atoms with Crippen LogP contribution in [0, 0.1) is 11.7 Å². The maximum absolute atomic E-state index is 5.54. The summed E-state index contributed by atoms with van der Waals surface area (Å²) in [5.74, 6) is 1.72. The molecule has 2 rings (SSSR count). The fourth-order valence-electron chi connectivity index (χ4n) is 1.66. The number of nitrogens with zero attached hydrogens (tertiary/aromatic N) is 2. The Labute approximate surface area is 117 Å². The molecule has 102 valence electrons. The maximum atomic E-state index is 5.54. The zero-order valence-electron chi connectivity index (χ0n) is 11.1. The van der Waals surface area contributed by atoms with Gasteiger partial charge in [0.1, 0.15) is 11.6 Å². The van der Waals surface area contributed by atoms with Gasteiger partial charge in [0.2, 0.25) is 4.77 Å². The van der Waals surface area contributed by atoms with Crippen LogP contribution in [-0.2, 0) is 6.54 Å². The summed E-state index contributed by atoms with van der Waals surface area (Å²) >= 11 is 5.12. The second kappa shape index (κ2) is 6.38. The van der Waals surface area contributed by atoms with E-state index >= 15 is 0 Å². The van der Waals surface area contributed by atoms with Gasteiger partial charge in [0.05, 0.1) is 13.2 Å². The zero-order valence-corrected chi connectivity index (χ0v) is 12.0. The lowest BCUT2D eigenvalue weighted by Crippen LogP contribution is -2.15. The molecule has 6 heteroatoms. The topological polar surface area (TPSA) is 54.9 Å². The van der Waals surface area contributed by atoms with E-state index in [-0.39, 0.29) is 0 Å². The van der Waals surface area contributed by atoms with Crippen molar-refractivity contribution in [3.05, 3.63) is 40.4 Å². The van der Waals surface area contributed by atoms with Crippen LogP contribution in [0.2, 0.25) is 0 Å². The first-order valence-electron chi connectivity index (χ1n) is 6.30. The molecule has 0 aliphatic heterocycles. The number of ether oxygens (including phenoxy) is 1. The van der Waals surface area contributed by atoms with E-state index in [4.69, 9.17) is 17.0 Å². The van der Waals surface area contributed by atoms with Gasteiger partial charge in [0, 0.05) is 0 Å². The van der Waals surface area contributed by atoms with Crippen LogP contribution in [0.4, 0.5) is 0 Å². The first-order chi connectivity index (χ1) is 9.20. The molecule has 1 aromatic carbocycles. The van der Waals surface area contributed by atoms with Crippen molar-refractivity contribution < 1.29 is 4.74 Å². The van der Waals surface area contributed by atoms with E-state index in [1.807, 2.05) is 31.2 Å². The van der Waals surface area contributed by atoms with Crippen molar-refractivity contribution in [3.63, 3.8) is 0 Å². The molecule has 5 nitrogen and oxygen atoms in total. The summed E-state index contributed by atoms with van der Waals surface area (Å²) in [5.41, 5.74) is 4.38. The number of aryl methyl sites for hydroxylation is 1. The van der Waals surface area contributed by atoms with Crippen LogP contribution in [0.25, 0.3) is 0 Å². The Bertz CT molecular complexity index is 573. The molecule has 19 heavy (non-hydrogen) atoms. The van der Waals surface area contributed by atoms with Crippen LogP contribution < -0.4 is 10.2 Å². The lowest BCUT2D eigenvalue weighted by molar-refractivity contribution is 0.317. The monoisotopic (exact) mass is 278 g/mol. The number of hydrogen-bond acceptors (Lipinski definition) is 4. The second-order valence-corrected chi connectivity index (χ2v) is 4.63. The molecule has 1 heterocycles. The molecular formula is C13H18N4OS. The Morgan fingerprint density at radius 1 is 1.37 bits per heavy atom. The van der Waals surface area contributed by atoms with Gasteiger partial charge in [-0.3, -0.25) is 5.10 Å². The smallest absolute Gasteiger partial charge is 0.214 e. The minimum atomic E-state index is 0.570. The Morgan fingerprint density at radius 2 is 2.11 bits per heavy atom. The van der Waals surface area contributed by atoms with Crippen LogP contribution in [0.3, 0.4) is 0 Å². The number of hydrogen-bond donors (Lipinski definition) is 2. The standard InChI is InChI=1S/C13H18N4OS/c1-3-8-18-12-6-4-11(5-7-12)9-14-17-10(2)15-16-13(17)19/h4-7,14H,3,8-9H2,1-2H3,(H,16,19). The van der Waals surface area contributed by atoms with E-state index in [2.05, 4.69) is 22.5 Å². The Balaban J connectivity index is 1.95. The fourth-order valence-corrected chi connectivity index (χ4v) is 1.90. The second-order valence-electron chi connectivity index (χ2n) is 4.24. The molecule has 0 bridgehead atoms. The summed E-state index contributed by atoms with van der Waals surface area (Å²) in [6.45, 7) is 5.42. The molecule has 0 spiro atoms. The zero-order chi connectivity index (χ0) is 13.7. The highest BCUT2D eigenvalue weighted by molar-refractivity contribution is 7.71. The molecular weight excluding hydrogens is 260 g/mol. The fraction of sp³-hybridized carbons (Fsp3) is 0.385. The van der Waals surface area contributed by atoms with E-state index < -0.39 is 0 Å². The summed E-state index contributed by atoms with van der Waals surface area (Å²) in [5, 5.41) is 6.78. The molecule has 2 aromatic rings. The van der Waals surface area contributed by atoms with Gasteiger partial charge in [0.25, 0.3) is 0 Å². The van der Waals surface area contributed by atoms with Gasteiger partial charge < -0.3 is 10.2 Å². The molecule has 0 atom stereocenters. The molecule has 1 aromatic heterocycles. The van der Waals surface area contributed by atoms with Gasteiger partial charge in [-0.25, -0.2) is 4.68 Å². The highest BCUT2D eigenvalue weighted by Crippen LogP contribution is 2.12. The van der Waals surface area contributed by atoms with E-state index in [9.17, 15) is 0 Å². The predicted molar refractivity (Wildman–Crippen MR) is 77.4 cm³/mol. The predicted octanol–water partition coefficient (Wildman–Crippen LogP) is 2.78. The number of H-pyrrole nitrogens is 1. The van der Waals surface area contributed by atoms with Gasteiger partial charge in [-0.15, -0.1) is 0 Å². The van der Waals surface area contributed by atoms with E-state index in [0.29, 0.717) is 11.3 Å². The van der Waals surface area contributed by atoms with Crippen LogP contribution >= 0.6 is 12.2 Å².